The molecule has 0 saturated carbocycles. The van der Waals surface area contributed by atoms with Crippen molar-refractivity contribution in [2.24, 2.45) is 0 Å². The first kappa shape index (κ1) is 12.5. The lowest BCUT2D eigenvalue weighted by Crippen LogP contribution is -2.50. The lowest BCUT2D eigenvalue weighted by atomic mass is 10.3. The Hall–Kier alpha value is -2.51. The van der Waals surface area contributed by atoms with Crippen molar-refractivity contribution in [1.82, 2.24) is 29.6 Å². The van der Waals surface area contributed by atoms with Gasteiger partial charge in [0.05, 0.1) is 0 Å². The van der Waals surface area contributed by atoms with E-state index in [1.165, 1.54) is 11.0 Å². The summed E-state index contributed by atoms with van der Waals surface area (Å²) in [6.45, 7) is 3.07. The minimum absolute atomic E-state index is 0.0594. The van der Waals surface area contributed by atoms with Crippen LogP contribution in [0.15, 0.2) is 31.1 Å². The van der Waals surface area contributed by atoms with Crippen LogP contribution in [0.2, 0.25) is 0 Å². The summed E-state index contributed by atoms with van der Waals surface area (Å²) < 4.78 is 1.54. The Balaban J connectivity index is 1.54. The van der Waals surface area contributed by atoms with Crippen LogP contribution in [0.5, 0.6) is 0 Å². The molecule has 0 aromatic carbocycles. The first-order valence-electron chi connectivity index (χ1n) is 6.45. The van der Waals surface area contributed by atoms with Crippen molar-refractivity contribution in [3.63, 3.8) is 0 Å². The number of hydrogen-bond donors (Lipinski definition) is 0. The second-order valence-corrected chi connectivity index (χ2v) is 4.51. The molecule has 1 saturated heterocycles. The van der Waals surface area contributed by atoms with Gasteiger partial charge in [0.2, 0.25) is 11.9 Å². The van der Waals surface area contributed by atoms with Gasteiger partial charge in [-0.3, -0.25) is 4.79 Å². The van der Waals surface area contributed by atoms with E-state index in [1.54, 1.807) is 24.8 Å². The number of anilines is 1. The van der Waals surface area contributed by atoms with Crippen molar-refractivity contribution < 1.29 is 4.79 Å². The van der Waals surface area contributed by atoms with Gasteiger partial charge in [-0.25, -0.2) is 19.6 Å². The van der Waals surface area contributed by atoms with Crippen LogP contribution in [0, 0.1) is 0 Å². The topological polar surface area (TPSA) is 80.0 Å². The van der Waals surface area contributed by atoms with Crippen LogP contribution in [0.1, 0.15) is 0 Å². The van der Waals surface area contributed by atoms with E-state index < -0.39 is 0 Å². The molecule has 0 bridgehead atoms. The van der Waals surface area contributed by atoms with Gasteiger partial charge in [-0.2, -0.15) is 5.10 Å². The lowest BCUT2D eigenvalue weighted by Gasteiger charge is -2.34. The Labute approximate surface area is 116 Å². The molecule has 0 spiro atoms. The van der Waals surface area contributed by atoms with Crippen molar-refractivity contribution >= 4 is 11.9 Å². The van der Waals surface area contributed by atoms with E-state index in [4.69, 9.17) is 0 Å². The SMILES string of the molecule is O=C(Cn1cncn1)N1CCN(c2ncccn2)CC1. The predicted molar refractivity (Wildman–Crippen MR) is 70.8 cm³/mol. The number of amides is 1. The van der Waals surface area contributed by atoms with Crippen molar-refractivity contribution in [3.05, 3.63) is 31.1 Å². The van der Waals surface area contributed by atoms with E-state index in [0.29, 0.717) is 13.1 Å². The highest BCUT2D eigenvalue weighted by Gasteiger charge is 2.22. The highest BCUT2D eigenvalue weighted by molar-refractivity contribution is 5.76. The standard InChI is InChI=1S/C12H15N7O/c20-11(8-19-10-13-9-16-19)17-4-6-18(7-5-17)12-14-2-1-3-15-12/h1-3,9-10H,4-8H2. The number of carbonyl (C=O) groups is 1. The minimum atomic E-state index is 0.0594. The molecule has 2 aromatic rings. The van der Waals surface area contributed by atoms with Gasteiger partial charge >= 0.3 is 0 Å². The smallest absolute Gasteiger partial charge is 0.244 e. The summed E-state index contributed by atoms with van der Waals surface area (Å²) in [5.41, 5.74) is 0. The molecule has 0 radical (unpaired) electrons. The summed E-state index contributed by atoms with van der Waals surface area (Å²) in [5, 5.41) is 3.94. The highest BCUT2D eigenvalue weighted by Crippen LogP contribution is 2.09. The first-order chi connectivity index (χ1) is 9.83. The summed E-state index contributed by atoms with van der Waals surface area (Å²) in [6, 6.07) is 1.79. The zero-order valence-corrected chi connectivity index (χ0v) is 11.0. The summed E-state index contributed by atoms with van der Waals surface area (Å²) in [7, 11) is 0. The Morgan fingerprint density at radius 2 is 1.90 bits per heavy atom. The summed E-state index contributed by atoms with van der Waals surface area (Å²) >= 11 is 0. The van der Waals surface area contributed by atoms with E-state index >= 15 is 0 Å². The molecule has 1 aliphatic rings. The molecule has 8 heteroatoms. The molecular weight excluding hydrogens is 258 g/mol. The van der Waals surface area contributed by atoms with Crippen LogP contribution < -0.4 is 4.90 Å². The van der Waals surface area contributed by atoms with Crippen molar-refractivity contribution in [2.75, 3.05) is 31.1 Å². The van der Waals surface area contributed by atoms with Crippen LogP contribution in [-0.2, 0) is 11.3 Å². The fourth-order valence-electron chi connectivity index (χ4n) is 2.16. The van der Waals surface area contributed by atoms with E-state index in [0.717, 1.165) is 19.0 Å². The molecule has 1 fully saturated rings. The van der Waals surface area contributed by atoms with E-state index in [2.05, 4.69) is 25.0 Å². The third-order valence-corrected chi connectivity index (χ3v) is 3.23. The quantitative estimate of drug-likeness (QED) is 0.744. The summed E-state index contributed by atoms with van der Waals surface area (Å²) in [4.78, 5) is 28.3. The lowest BCUT2D eigenvalue weighted by molar-refractivity contribution is -0.132. The normalized spacial score (nSPS) is 15.4. The highest BCUT2D eigenvalue weighted by atomic mass is 16.2. The number of nitrogens with zero attached hydrogens (tertiary/aromatic N) is 7. The summed E-state index contributed by atoms with van der Waals surface area (Å²) in [6.07, 6.45) is 6.43. The minimum Gasteiger partial charge on any atom is -0.338 e. The van der Waals surface area contributed by atoms with Crippen molar-refractivity contribution in [3.8, 4) is 0 Å². The first-order valence-corrected chi connectivity index (χ1v) is 6.45. The van der Waals surface area contributed by atoms with Crippen LogP contribution in [-0.4, -0.2) is 61.7 Å². The number of carbonyl (C=O) groups excluding carboxylic acids is 1. The van der Waals surface area contributed by atoms with Gasteiger partial charge in [0.1, 0.15) is 19.2 Å². The van der Waals surface area contributed by atoms with Crippen LogP contribution in [0.25, 0.3) is 0 Å². The van der Waals surface area contributed by atoms with Gasteiger partial charge in [0.25, 0.3) is 0 Å². The molecule has 3 rings (SSSR count). The van der Waals surface area contributed by atoms with Crippen LogP contribution >= 0.6 is 0 Å². The molecule has 8 nitrogen and oxygen atoms in total. The van der Waals surface area contributed by atoms with Gasteiger partial charge in [0.15, 0.2) is 0 Å². The van der Waals surface area contributed by atoms with Gasteiger partial charge < -0.3 is 9.80 Å². The van der Waals surface area contributed by atoms with Gasteiger partial charge in [0, 0.05) is 38.6 Å². The number of aromatic nitrogens is 5. The predicted octanol–water partition coefficient (Wildman–Crippen LogP) is -0.583. The maximum absolute atomic E-state index is 12.1. The fourth-order valence-corrected chi connectivity index (χ4v) is 2.16. The third kappa shape index (κ3) is 2.73. The Kier molecular flexibility index (Phi) is 3.53. The largest absolute Gasteiger partial charge is 0.338 e. The molecule has 0 aliphatic carbocycles. The molecule has 1 aliphatic heterocycles. The van der Waals surface area contributed by atoms with Crippen LogP contribution in [0.4, 0.5) is 5.95 Å². The van der Waals surface area contributed by atoms with Gasteiger partial charge in [-0.1, -0.05) is 0 Å². The maximum Gasteiger partial charge on any atom is 0.244 e. The molecule has 2 aromatic heterocycles. The monoisotopic (exact) mass is 273 g/mol. The molecular formula is C12H15N7O. The fraction of sp³-hybridized carbons (Fsp3) is 0.417. The van der Waals surface area contributed by atoms with E-state index in [1.807, 2.05) is 4.90 Å². The Morgan fingerprint density at radius 1 is 1.15 bits per heavy atom. The maximum atomic E-state index is 12.1. The van der Waals surface area contributed by atoms with E-state index in [-0.39, 0.29) is 12.5 Å². The van der Waals surface area contributed by atoms with E-state index in [9.17, 15) is 4.79 Å². The average molecular weight is 273 g/mol. The number of hydrogen-bond acceptors (Lipinski definition) is 6. The molecule has 3 heterocycles. The molecule has 1 amide bonds. The molecule has 0 atom stereocenters. The molecule has 0 N–H and O–H groups in total. The number of piperazine rings is 1. The molecule has 104 valence electrons. The van der Waals surface area contributed by atoms with Crippen molar-refractivity contribution in [2.45, 2.75) is 6.54 Å². The van der Waals surface area contributed by atoms with Crippen LogP contribution in [0.3, 0.4) is 0 Å². The number of rotatable bonds is 3. The second kappa shape index (κ2) is 5.64. The molecule has 20 heavy (non-hydrogen) atoms. The zero-order valence-electron chi connectivity index (χ0n) is 11.0. The zero-order chi connectivity index (χ0) is 13.8. The van der Waals surface area contributed by atoms with Gasteiger partial charge in [-0.15, -0.1) is 0 Å². The summed E-state index contributed by atoms with van der Waals surface area (Å²) in [5.74, 6) is 0.778. The second-order valence-electron chi connectivity index (χ2n) is 4.51. The van der Waals surface area contributed by atoms with Crippen molar-refractivity contribution in [1.29, 1.82) is 0 Å². The Bertz CT molecular complexity index is 548. The molecule has 0 unspecified atom stereocenters. The third-order valence-electron chi connectivity index (χ3n) is 3.23. The van der Waals surface area contributed by atoms with Gasteiger partial charge in [-0.05, 0) is 6.07 Å². The Morgan fingerprint density at radius 3 is 2.55 bits per heavy atom. The average Bonchev–Trinajstić information content (AvgIpc) is 3.01.